The first-order chi connectivity index (χ1) is 10.3. The molecule has 1 fully saturated rings. The number of piperazine rings is 1. The van der Waals surface area contributed by atoms with E-state index in [1.807, 2.05) is 13.8 Å². The van der Waals surface area contributed by atoms with Crippen LogP contribution in [-0.2, 0) is 0 Å². The summed E-state index contributed by atoms with van der Waals surface area (Å²) < 4.78 is 5.79. The van der Waals surface area contributed by atoms with E-state index < -0.39 is 0 Å². The van der Waals surface area contributed by atoms with Gasteiger partial charge in [0.25, 0.3) is 5.88 Å². The van der Waals surface area contributed by atoms with Gasteiger partial charge in [0.05, 0.1) is 6.10 Å². The molecular formula is C17H30N4O. The van der Waals surface area contributed by atoms with E-state index in [1.165, 1.54) is 13.0 Å². The Morgan fingerprint density at radius 3 is 2.32 bits per heavy atom. The second kappa shape index (κ2) is 7.27. The van der Waals surface area contributed by atoms with Crippen molar-refractivity contribution in [2.75, 3.05) is 37.6 Å². The second-order valence-electron chi connectivity index (χ2n) is 7.49. The fraction of sp³-hybridized carbons (Fsp3) is 0.765. The minimum atomic E-state index is 0.114. The van der Waals surface area contributed by atoms with Crippen LogP contribution >= 0.6 is 0 Å². The lowest BCUT2D eigenvalue weighted by Crippen LogP contribution is -2.47. The van der Waals surface area contributed by atoms with Gasteiger partial charge in [-0.05, 0) is 32.2 Å². The molecule has 0 radical (unpaired) electrons. The van der Waals surface area contributed by atoms with E-state index in [0.29, 0.717) is 11.3 Å². The van der Waals surface area contributed by atoms with Gasteiger partial charge in [-0.3, -0.25) is 4.90 Å². The summed E-state index contributed by atoms with van der Waals surface area (Å²) in [6, 6.07) is 0. The highest BCUT2D eigenvalue weighted by atomic mass is 16.5. The molecule has 0 atom stereocenters. The Morgan fingerprint density at radius 2 is 1.73 bits per heavy atom. The van der Waals surface area contributed by atoms with Gasteiger partial charge in [0.1, 0.15) is 0 Å². The summed E-state index contributed by atoms with van der Waals surface area (Å²) in [4.78, 5) is 13.7. The topological polar surface area (TPSA) is 41.5 Å². The molecule has 0 unspecified atom stereocenters. The zero-order chi connectivity index (χ0) is 16.2. The molecule has 0 amide bonds. The quantitative estimate of drug-likeness (QED) is 0.837. The van der Waals surface area contributed by atoms with Gasteiger partial charge in [0.2, 0.25) is 0 Å². The van der Waals surface area contributed by atoms with Gasteiger partial charge in [-0.2, -0.15) is 0 Å². The fourth-order valence-electron chi connectivity index (χ4n) is 2.52. The molecule has 2 heterocycles. The maximum absolute atomic E-state index is 5.79. The molecule has 22 heavy (non-hydrogen) atoms. The van der Waals surface area contributed by atoms with Crippen molar-refractivity contribution < 1.29 is 4.74 Å². The third-order valence-electron chi connectivity index (χ3n) is 3.84. The van der Waals surface area contributed by atoms with Gasteiger partial charge in [-0.15, -0.1) is 0 Å². The second-order valence-corrected chi connectivity index (χ2v) is 7.49. The van der Waals surface area contributed by atoms with Crippen LogP contribution in [0.5, 0.6) is 5.88 Å². The van der Waals surface area contributed by atoms with Crippen LogP contribution in [0.1, 0.15) is 41.0 Å². The molecule has 0 aliphatic carbocycles. The summed E-state index contributed by atoms with van der Waals surface area (Å²) in [5.41, 5.74) is 0.403. The minimum absolute atomic E-state index is 0.114. The monoisotopic (exact) mass is 306 g/mol. The van der Waals surface area contributed by atoms with Crippen molar-refractivity contribution in [3.63, 3.8) is 0 Å². The average Bonchev–Trinajstić information content (AvgIpc) is 2.45. The molecule has 0 spiro atoms. The molecule has 5 nitrogen and oxygen atoms in total. The van der Waals surface area contributed by atoms with Crippen molar-refractivity contribution in [1.29, 1.82) is 0 Å². The summed E-state index contributed by atoms with van der Waals surface area (Å²) in [6.45, 7) is 16.2. The zero-order valence-corrected chi connectivity index (χ0v) is 14.7. The number of hydrogen-bond acceptors (Lipinski definition) is 5. The number of anilines is 1. The number of ether oxygens (including phenoxy) is 1. The Hall–Kier alpha value is -1.36. The van der Waals surface area contributed by atoms with Crippen LogP contribution in [0, 0.1) is 5.41 Å². The van der Waals surface area contributed by atoms with E-state index in [9.17, 15) is 0 Å². The molecule has 0 bridgehead atoms. The lowest BCUT2D eigenvalue weighted by molar-refractivity contribution is 0.212. The zero-order valence-electron chi connectivity index (χ0n) is 14.7. The Balaban J connectivity index is 1.92. The third-order valence-corrected chi connectivity index (χ3v) is 3.84. The van der Waals surface area contributed by atoms with Crippen LogP contribution in [0.3, 0.4) is 0 Å². The highest BCUT2D eigenvalue weighted by Gasteiger charge is 2.22. The number of rotatable bonds is 5. The first-order valence-corrected chi connectivity index (χ1v) is 8.30. The Bertz CT molecular complexity index is 462. The molecule has 124 valence electrons. The third kappa shape index (κ3) is 5.13. The summed E-state index contributed by atoms with van der Waals surface area (Å²) >= 11 is 0. The van der Waals surface area contributed by atoms with E-state index >= 15 is 0 Å². The Morgan fingerprint density at radius 1 is 1.09 bits per heavy atom. The fourth-order valence-corrected chi connectivity index (χ4v) is 2.52. The predicted molar refractivity (Wildman–Crippen MR) is 90.5 cm³/mol. The summed E-state index contributed by atoms with van der Waals surface area (Å²) in [5.74, 6) is 1.53. The Kier molecular flexibility index (Phi) is 5.62. The van der Waals surface area contributed by atoms with E-state index in [-0.39, 0.29) is 6.10 Å². The van der Waals surface area contributed by atoms with Gasteiger partial charge in [0.15, 0.2) is 5.82 Å². The SMILES string of the molecule is CC(C)Oc1nccnc1N1CCN(CCC(C)(C)C)CC1. The van der Waals surface area contributed by atoms with Crippen LogP contribution in [0.15, 0.2) is 12.4 Å². The summed E-state index contributed by atoms with van der Waals surface area (Å²) in [5, 5.41) is 0. The number of hydrogen-bond donors (Lipinski definition) is 0. The van der Waals surface area contributed by atoms with E-state index in [1.54, 1.807) is 12.4 Å². The van der Waals surface area contributed by atoms with Crippen LogP contribution in [0.25, 0.3) is 0 Å². The summed E-state index contributed by atoms with van der Waals surface area (Å²) in [7, 11) is 0. The van der Waals surface area contributed by atoms with E-state index in [4.69, 9.17) is 4.74 Å². The molecule has 0 aromatic carbocycles. The average molecular weight is 306 g/mol. The summed E-state index contributed by atoms with van der Waals surface area (Å²) in [6.07, 6.45) is 4.79. The molecule has 1 aromatic rings. The first-order valence-electron chi connectivity index (χ1n) is 8.30. The molecule has 5 heteroatoms. The van der Waals surface area contributed by atoms with Crippen LogP contribution in [0.4, 0.5) is 5.82 Å². The highest BCUT2D eigenvalue weighted by molar-refractivity contribution is 5.48. The molecular weight excluding hydrogens is 276 g/mol. The first kappa shape index (κ1) is 17.0. The molecule has 0 saturated carbocycles. The lowest BCUT2D eigenvalue weighted by Gasteiger charge is -2.36. The van der Waals surface area contributed by atoms with Gasteiger partial charge < -0.3 is 9.64 Å². The number of aromatic nitrogens is 2. The van der Waals surface area contributed by atoms with Crippen LogP contribution < -0.4 is 9.64 Å². The standard InChI is InChI=1S/C17H30N4O/c1-14(2)22-16-15(18-7-8-19-16)21-12-10-20(11-13-21)9-6-17(3,4)5/h7-8,14H,6,9-13H2,1-5H3. The van der Waals surface area contributed by atoms with Crippen LogP contribution in [0.2, 0.25) is 0 Å². The van der Waals surface area contributed by atoms with Crippen LogP contribution in [-0.4, -0.2) is 53.7 Å². The van der Waals surface area contributed by atoms with E-state index in [2.05, 4.69) is 40.5 Å². The molecule has 1 aromatic heterocycles. The largest absolute Gasteiger partial charge is 0.472 e. The van der Waals surface area contributed by atoms with Crippen molar-refractivity contribution in [3.05, 3.63) is 12.4 Å². The maximum Gasteiger partial charge on any atom is 0.257 e. The van der Waals surface area contributed by atoms with Gasteiger partial charge >= 0.3 is 0 Å². The van der Waals surface area contributed by atoms with Crippen molar-refractivity contribution in [2.24, 2.45) is 5.41 Å². The minimum Gasteiger partial charge on any atom is -0.472 e. The van der Waals surface area contributed by atoms with Gasteiger partial charge in [0, 0.05) is 38.6 Å². The Labute approximate surface area is 134 Å². The van der Waals surface area contributed by atoms with Gasteiger partial charge in [-0.25, -0.2) is 9.97 Å². The van der Waals surface area contributed by atoms with Crippen molar-refractivity contribution >= 4 is 5.82 Å². The molecule has 1 aliphatic rings. The highest BCUT2D eigenvalue weighted by Crippen LogP contribution is 2.25. The molecule has 1 aliphatic heterocycles. The molecule has 2 rings (SSSR count). The molecule has 1 saturated heterocycles. The van der Waals surface area contributed by atoms with Crippen molar-refractivity contribution in [1.82, 2.24) is 14.9 Å². The predicted octanol–water partition coefficient (Wildman–Crippen LogP) is 2.82. The van der Waals surface area contributed by atoms with Crippen molar-refractivity contribution in [2.45, 2.75) is 47.1 Å². The maximum atomic E-state index is 5.79. The molecule has 0 N–H and O–H groups in total. The normalized spacial score (nSPS) is 17.1. The lowest BCUT2D eigenvalue weighted by atomic mass is 9.92. The smallest absolute Gasteiger partial charge is 0.257 e. The van der Waals surface area contributed by atoms with Gasteiger partial charge in [-0.1, -0.05) is 20.8 Å². The number of nitrogens with zero attached hydrogens (tertiary/aromatic N) is 4. The van der Waals surface area contributed by atoms with E-state index in [0.717, 1.165) is 32.0 Å². The van der Waals surface area contributed by atoms with Crippen molar-refractivity contribution in [3.8, 4) is 5.88 Å².